The first-order valence-corrected chi connectivity index (χ1v) is 13.0. The molecule has 10 nitrogen and oxygen atoms in total. The van der Waals surface area contributed by atoms with Gasteiger partial charge in [-0.2, -0.15) is 0 Å². The molecule has 11 heteroatoms. The number of benzene rings is 2. The monoisotopic (exact) mass is 531 g/mol. The van der Waals surface area contributed by atoms with Crippen LogP contribution < -0.4 is 15.4 Å². The van der Waals surface area contributed by atoms with Crippen LogP contribution >= 0.6 is 11.8 Å². The third-order valence-electron chi connectivity index (χ3n) is 5.95. The van der Waals surface area contributed by atoms with E-state index in [4.69, 9.17) is 9.15 Å². The quantitative estimate of drug-likeness (QED) is 0.434. The molecule has 2 aliphatic heterocycles. The zero-order chi connectivity index (χ0) is 26.5. The standard InChI is InChI=1S/C27H25N5O5S/c1-36-22-11-5-4-10-20(22)29-24(34)16-38-27-31-19-9-3-2-8-18(19)25-30-21(26(35)32(25)27)12-13-23(33)28-15-17-7-6-14-37-17/h2-11,14,21H,12-13,15-16H2,1H3,(H,28,33)(H,29,34)/t21-/m1/s1. The van der Waals surface area contributed by atoms with Crippen LogP contribution in [0.25, 0.3) is 0 Å². The molecule has 38 heavy (non-hydrogen) atoms. The number of hydrogen-bond acceptors (Lipinski definition) is 8. The molecular weight excluding hydrogens is 506 g/mol. The molecule has 0 radical (unpaired) electrons. The van der Waals surface area contributed by atoms with E-state index in [-0.39, 0.29) is 42.9 Å². The number of amides is 3. The van der Waals surface area contributed by atoms with Gasteiger partial charge in [0.25, 0.3) is 5.91 Å². The Hall–Kier alpha value is -4.38. The summed E-state index contributed by atoms with van der Waals surface area (Å²) in [5.41, 5.74) is 1.95. The molecule has 2 aliphatic rings. The largest absolute Gasteiger partial charge is 0.495 e. The average Bonchev–Trinajstić information content (AvgIpc) is 3.58. The second-order valence-electron chi connectivity index (χ2n) is 8.49. The number of furan rings is 1. The summed E-state index contributed by atoms with van der Waals surface area (Å²) in [6.07, 6.45) is 1.92. The van der Waals surface area contributed by atoms with E-state index >= 15 is 0 Å². The molecule has 0 fully saturated rings. The molecule has 194 valence electrons. The van der Waals surface area contributed by atoms with Gasteiger partial charge in [-0.1, -0.05) is 36.0 Å². The van der Waals surface area contributed by atoms with Crippen molar-refractivity contribution >= 4 is 51.9 Å². The summed E-state index contributed by atoms with van der Waals surface area (Å²) < 4.78 is 10.5. The van der Waals surface area contributed by atoms with Crippen LogP contribution in [0.4, 0.5) is 11.4 Å². The number of amidine groups is 2. The first-order valence-electron chi connectivity index (χ1n) is 12.0. The van der Waals surface area contributed by atoms with Crippen molar-refractivity contribution in [2.75, 3.05) is 18.2 Å². The summed E-state index contributed by atoms with van der Waals surface area (Å²) in [7, 11) is 1.53. The van der Waals surface area contributed by atoms with E-state index in [1.54, 1.807) is 36.6 Å². The molecule has 3 aromatic rings. The molecule has 1 atom stereocenters. The molecule has 3 amide bonds. The number of nitrogens with one attached hydrogen (secondary N) is 2. The van der Waals surface area contributed by atoms with Gasteiger partial charge in [-0.15, -0.1) is 0 Å². The third-order valence-corrected chi connectivity index (χ3v) is 6.88. The molecule has 3 heterocycles. The molecule has 0 spiro atoms. The number of thioether (sulfide) groups is 1. The Balaban J connectivity index is 1.26. The van der Waals surface area contributed by atoms with Gasteiger partial charge in [-0.3, -0.25) is 19.4 Å². The number of hydrogen-bond donors (Lipinski definition) is 2. The van der Waals surface area contributed by atoms with Crippen molar-refractivity contribution in [3.63, 3.8) is 0 Å². The second kappa shape index (κ2) is 11.3. The smallest absolute Gasteiger partial charge is 0.259 e. The molecule has 1 aromatic heterocycles. The summed E-state index contributed by atoms with van der Waals surface area (Å²) in [5, 5.41) is 5.98. The highest BCUT2D eigenvalue weighted by Gasteiger charge is 2.41. The number of fused-ring (bicyclic) bond motifs is 3. The van der Waals surface area contributed by atoms with Crippen LogP contribution in [-0.2, 0) is 20.9 Å². The number of carbonyl (C=O) groups excluding carboxylic acids is 3. The minimum absolute atomic E-state index is 0.0238. The van der Waals surface area contributed by atoms with Crippen molar-refractivity contribution in [3.8, 4) is 5.75 Å². The molecule has 0 aliphatic carbocycles. The lowest BCUT2D eigenvalue weighted by atomic mass is 10.1. The van der Waals surface area contributed by atoms with E-state index in [0.29, 0.717) is 33.9 Å². The second-order valence-corrected chi connectivity index (χ2v) is 9.43. The van der Waals surface area contributed by atoms with E-state index < -0.39 is 6.04 Å². The average molecular weight is 532 g/mol. The van der Waals surface area contributed by atoms with Gasteiger partial charge in [0, 0.05) is 12.0 Å². The minimum atomic E-state index is -0.723. The highest BCUT2D eigenvalue weighted by Crippen LogP contribution is 2.34. The topological polar surface area (TPSA) is 126 Å². The maximum absolute atomic E-state index is 13.4. The van der Waals surface area contributed by atoms with Crippen molar-refractivity contribution < 1.29 is 23.5 Å². The Morgan fingerprint density at radius 3 is 2.71 bits per heavy atom. The summed E-state index contributed by atoms with van der Waals surface area (Å²) >= 11 is 1.15. The number of ether oxygens (including phenoxy) is 1. The predicted molar refractivity (Wildman–Crippen MR) is 145 cm³/mol. The first-order chi connectivity index (χ1) is 18.5. The SMILES string of the molecule is COc1ccccc1NC(=O)CSC1=Nc2ccccc2C2=N[C@H](CCC(=O)NCc3ccco3)C(=O)N12. The Morgan fingerprint density at radius 1 is 1.08 bits per heavy atom. The highest BCUT2D eigenvalue weighted by molar-refractivity contribution is 8.14. The molecule has 0 unspecified atom stereocenters. The minimum Gasteiger partial charge on any atom is -0.495 e. The van der Waals surface area contributed by atoms with Gasteiger partial charge < -0.3 is 19.8 Å². The Labute approximate surface area is 223 Å². The fourth-order valence-corrected chi connectivity index (χ4v) is 4.91. The van der Waals surface area contributed by atoms with Crippen LogP contribution in [-0.4, -0.2) is 52.5 Å². The number of nitrogens with zero attached hydrogens (tertiary/aromatic N) is 3. The van der Waals surface area contributed by atoms with Crippen molar-refractivity contribution in [3.05, 3.63) is 78.3 Å². The number of carbonyl (C=O) groups is 3. The third kappa shape index (κ3) is 5.47. The fraction of sp³-hybridized carbons (Fsp3) is 0.222. The molecule has 0 bridgehead atoms. The maximum Gasteiger partial charge on any atom is 0.259 e. The highest BCUT2D eigenvalue weighted by atomic mass is 32.2. The van der Waals surface area contributed by atoms with Crippen LogP contribution in [0.5, 0.6) is 5.75 Å². The van der Waals surface area contributed by atoms with Gasteiger partial charge in [0.05, 0.1) is 37.0 Å². The van der Waals surface area contributed by atoms with Crippen LogP contribution in [0, 0.1) is 0 Å². The Bertz CT molecular complexity index is 1420. The number of methoxy groups -OCH3 is 1. The summed E-state index contributed by atoms with van der Waals surface area (Å²) in [6.45, 7) is 0.281. The van der Waals surface area contributed by atoms with Gasteiger partial charge in [-0.05, 0) is 42.8 Å². The maximum atomic E-state index is 13.4. The van der Waals surface area contributed by atoms with Gasteiger partial charge in [0.15, 0.2) is 5.17 Å². The normalized spacial score (nSPS) is 15.8. The van der Waals surface area contributed by atoms with Gasteiger partial charge in [0.1, 0.15) is 23.4 Å². The molecule has 2 N–H and O–H groups in total. The Morgan fingerprint density at radius 2 is 1.89 bits per heavy atom. The first kappa shape index (κ1) is 25.3. The summed E-state index contributed by atoms with van der Waals surface area (Å²) in [5.74, 6) is 0.966. The van der Waals surface area contributed by atoms with Gasteiger partial charge >= 0.3 is 0 Å². The molecular formula is C27H25N5O5S. The van der Waals surface area contributed by atoms with E-state index in [2.05, 4.69) is 20.6 Å². The zero-order valence-electron chi connectivity index (χ0n) is 20.5. The number of anilines is 1. The van der Waals surface area contributed by atoms with Crippen molar-refractivity contribution in [1.82, 2.24) is 10.2 Å². The van der Waals surface area contributed by atoms with Crippen molar-refractivity contribution in [1.29, 1.82) is 0 Å². The van der Waals surface area contributed by atoms with E-state index in [9.17, 15) is 14.4 Å². The molecule has 0 saturated heterocycles. The summed E-state index contributed by atoms with van der Waals surface area (Å²) in [4.78, 5) is 49.2. The van der Waals surface area contributed by atoms with E-state index in [1.165, 1.54) is 12.0 Å². The zero-order valence-corrected chi connectivity index (χ0v) is 21.4. The number of aliphatic imine (C=N–C) groups is 2. The van der Waals surface area contributed by atoms with Crippen molar-refractivity contribution in [2.45, 2.75) is 25.4 Å². The fourth-order valence-electron chi connectivity index (χ4n) is 4.11. The van der Waals surface area contributed by atoms with Crippen molar-refractivity contribution in [2.24, 2.45) is 9.98 Å². The van der Waals surface area contributed by atoms with E-state index in [0.717, 1.165) is 17.3 Å². The van der Waals surface area contributed by atoms with Crippen LogP contribution in [0.1, 0.15) is 24.2 Å². The molecule has 5 rings (SSSR count). The lowest BCUT2D eigenvalue weighted by Gasteiger charge is -2.25. The van der Waals surface area contributed by atoms with Crippen LogP contribution in [0.2, 0.25) is 0 Å². The lowest BCUT2D eigenvalue weighted by Crippen LogP contribution is -2.41. The lowest BCUT2D eigenvalue weighted by molar-refractivity contribution is -0.125. The molecule has 0 saturated carbocycles. The number of rotatable bonds is 9. The van der Waals surface area contributed by atoms with Crippen LogP contribution in [0.3, 0.4) is 0 Å². The number of para-hydroxylation sites is 3. The van der Waals surface area contributed by atoms with E-state index in [1.807, 2.05) is 30.3 Å². The predicted octanol–water partition coefficient (Wildman–Crippen LogP) is 3.72. The molecule has 2 aromatic carbocycles. The summed E-state index contributed by atoms with van der Waals surface area (Å²) in [6, 6.07) is 17.3. The Kier molecular flexibility index (Phi) is 7.55. The van der Waals surface area contributed by atoms with Crippen LogP contribution in [0.15, 0.2) is 81.3 Å². The van der Waals surface area contributed by atoms with Gasteiger partial charge in [-0.25, -0.2) is 9.89 Å². The van der Waals surface area contributed by atoms with Gasteiger partial charge in [0.2, 0.25) is 11.8 Å².